The second kappa shape index (κ2) is 5.61. The van der Waals surface area contributed by atoms with E-state index in [1.807, 2.05) is 12.1 Å². The Morgan fingerprint density at radius 2 is 1.76 bits per heavy atom. The topological polar surface area (TPSA) is 29.3 Å². The maximum Gasteiger partial charge on any atom is 0.123 e. The van der Waals surface area contributed by atoms with Crippen molar-refractivity contribution in [3.63, 3.8) is 0 Å². The summed E-state index contributed by atoms with van der Waals surface area (Å²) in [5, 5.41) is 0. The smallest absolute Gasteiger partial charge is 0.123 e. The number of nitrogens with two attached hydrogens (primary N) is 1. The van der Waals surface area contributed by atoms with Crippen LogP contribution in [0.4, 0.5) is 4.39 Å². The molecule has 0 bridgehead atoms. The van der Waals surface area contributed by atoms with E-state index in [1.54, 1.807) is 0 Å². The molecule has 3 heteroatoms. The van der Waals surface area contributed by atoms with E-state index in [-0.39, 0.29) is 17.4 Å². The number of rotatable bonds is 4. The van der Waals surface area contributed by atoms with E-state index in [0.717, 1.165) is 12.1 Å². The van der Waals surface area contributed by atoms with Crippen LogP contribution < -0.4 is 5.73 Å². The summed E-state index contributed by atoms with van der Waals surface area (Å²) in [4.78, 5) is 2.33. The van der Waals surface area contributed by atoms with Crippen LogP contribution in [-0.2, 0) is 0 Å². The van der Waals surface area contributed by atoms with Gasteiger partial charge in [0.05, 0.1) is 0 Å². The summed E-state index contributed by atoms with van der Waals surface area (Å²) >= 11 is 0. The summed E-state index contributed by atoms with van der Waals surface area (Å²) in [7, 11) is 0. The second-order valence-electron chi connectivity index (χ2n) is 5.26. The van der Waals surface area contributed by atoms with E-state index < -0.39 is 0 Å². The number of likely N-dealkylation sites (N-methyl/N-ethyl adjacent to an activating group) is 1. The lowest BCUT2D eigenvalue weighted by molar-refractivity contribution is 0.0919. The fraction of sp³-hybridized carbons (Fsp3) is 0.571. The molecule has 0 heterocycles. The molecule has 1 aromatic rings. The van der Waals surface area contributed by atoms with E-state index in [1.165, 1.54) is 12.1 Å². The number of hydrogen-bond donors (Lipinski definition) is 1. The van der Waals surface area contributed by atoms with Gasteiger partial charge in [-0.1, -0.05) is 19.1 Å². The van der Waals surface area contributed by atoms with Crippen molar-refractivity contribution in [3.05, 3.63) is 35.6 Å². The Morgan fingerprint density at radius 3 is 2.12 bits per heavy atom. The highest BCUT2D eigenvalue weighted by Crippen LogP contribution is 2.27. The lowest BCUT2D eigenvalue weighted by Crippen LogP contribution is -2.46. The van der Waals surface area contributed by atoms with Gasteiger partial charge >= 0.3 is 0 Å². The van der Waals surface area contributed by atoms with E-state index in [0.29, 0.717) is 6.54 Å². The number of nitrogens with zero attached hydrogens (tertiary/aromatic N) is 1. The molecule has 0 amide bonds. The third-order valence-corrected chi connectivity index (χ3v) is 3.06. The molecule has 1 atom stereocenters. The van der Waals surface area contributed by atoms with Crippen molar-refractivity contribution in [1.82, 2.24) is 4.90 Å². The van der Waals surface area contributed by atoms with Crippen molar-refractivity contribution in [1.29, 1.82) is 0 Å². The highest BCUT2D eigenvalue weighted by molar-refractivity contribution is 5.21. The molecule has 2 N–H and O–H groups in total. The van der Waals surface area contributed by atoms with Crippen molar-refractivity contribution in [2.75, 3.05) is 13.1 Å². The maximum absolute atomic E-state index is 12.9. The van der Waals surface area contributed by atoms with E-state index in [4.69, 9.17) is 5.73 Å². The predicted octanol–water partition coefficient (Wildman–Crippen LogP) is 2.95. The summed E-state index contributed by atoms with van der Waals surface area (Å²) in [5.41, 5.74) is 7.00. The van der Waals surface area contributed by atoms with Gasteiger partial charge in [-0.25, -0.2) is 4.39 Å². The Bertz CT molecular complexity index is 340. The van der Waals surface area contributed by atoms with Crippen LogP contribution in [0.3, 0.4) is 0 Å². The molecule has 0 saturated carbocycles. The van der Waals surface area contributed by atoms with Gasteiger partial charge in [0.1, 0.15) is 5.82 Å². The fourth-order valence-corrected chi connectivity index (χ4v) is 2.29. The molecule has 2 nitrogen and oxygen atoms in total. The molecule has 1 aromatic carbocycles. The van der Waals surface area contributed by atoms with E-state index >= 15 is 0 Å². The Kier molecular flexibility index (Phi) is 4.66. The molecule has 1 rings (SSSR count). The first-order valence-electron chi connectivity index (χ1n) is 6.12. The first-order chi connectivity index (χ1) is 7.90. The monoisotopic (exact) mass is 238 g/mol. The van der Waals surface area contributed by atoms with Crippen molar-refractivity contribution in [2.24, 2.45) is 5.73 Å². The van der Waals surface area contributed by atoms with Gasteiger partial charge in [0, 0.05) is 18.1 Å². The Morgan fingerprint density at radius 1 is 1.24 bits per heavy atom. The number of halogens is 1. The zero-order valence-electron chi connectivity index (χ0n) is 11.2. The number of benzene rings is 1. The Balaban J connectivity index is 3.01. The van der Waals surface area contributed by atoms with Gasteiger partial charge in [0.2, 0.25) is 0 Å². The van der Waals surface area contributed by atoms with Gasteiger partial charge in [-0.2, -0.15) is 0 Å². The van der Waals surface area contributed by atoms with E-state index in [9.17, 15) is 4.39 Å². The van der Waals surface area contributed by atoms with Crippen molar-refractivity contribution < 1.29 is 4.39 Å². The Hall–Kier alpha value is -0.930. The van der Waals surface area contributed by atoms with Crippen molar-refractivity contribution >= 4 is 0 Å². The first-order valence-corrected chi connectivity index (χ1v) is 6.12. The molecule has 0 fully saturated rings. The van der Waals surface area contributed by atoms with Gasteiger partial charge in [-0.15, -0.1) is 0 Å². The summed E-state index contributed by atoms with van der Waals surface area (Å²) < 4.78 is 12.9. The van der Waals surface area contributed by atoms with Gasteiger partial charge in [0.15, 0.2) is 0 Å². The highest BCUT2D eigenvalue weighted by Gasteiger charge is 2.27. The normalized spacial score (nSPS) is 14.1. The molecule has 1 unspecified atom stereocenters. The minimum atomic E-state index is -0.205. The zero-order valence-corrected chi connectivity index (χ0v) is 11.2. The fourth-order valence-electron chi connectivity index (χ4n) is 2.29. The molecular weight excluding hydrogens is 215 g/mol. The minimum Gasteiger partial charge on any atom is -0.329 e. The average Bonchev–Trinajstić information content (AvgIpc) is 2.25. The Labute approximate surface area is 104 Å². The summed E-state index contributed by atoms with van der Waals surface area (Å²) in [6.45, 7) is 10.1. The van der Waals surface area contributed by atoms with Crippen LogP contribution in [0.5, 0.6) is 0 Å². The standard InChI is InChI=1S/C14H23FN2/c1-5-17(14(2,3)4)13(10-16)11-6-8-12(15)9-7-11/h6-9,13H,5,10,16H2,1-4H3. The van der Waals surface area contributed by atoms with Crippen molar-refractivity contribution in [2.45, 2.75) is 39.3 Å². The van der Waals surface area contributed by atoms with Crippen molar-refractivity contribution in [3.8, 4) is 0 Å². The quantitative estimate of drug-likeness (QED) is 0.874. The third kappa shape index (κ3) is 3.51. The minimum absolute atomic E-state index is 0.0488. The lowest BCUT2D eigenvalue weighted by Gasteiger charge is -2.41. The molecular formula is C14H23FN2. The average molecular weight is 238 g/mol. The molecule has 0 aromatic heterocycles. The van der Waals surface area contributed by atoms with Crippen LogP contribution in [0.25, 0.3) is 0 Å². The maximum atomic E-state index is 12.9. The predicted molar refractivity (Wildman–Crippen MR) is 70.3 cm³/mol. The van der Waals surface area contributed by atoms with Crippen LogP contribution in [0.2, 0.25) is 0 Å². The first kappa shape index (κ1) is 14.1. The zero-order chi connectivity index (χ0) is 13.1. The van der Waals surface area contributed by atoms with Crippen LogP contribution in [0.1, 0.15) is 39.3 Å². The SMILES string of the molecule is CCN(C(CN)c1ccc(F)cc1)C(C)(C)C. The molecule has 0 saturated heterocycles. The highest BCUT2D eigenvalue weighted by atomic mass is 19.1. The largest absolute Gasteiger partial charge is 0.329 e. The summed E-state index contributed by atoms with van der Waals surface area (Å²) in [6, 6.07) is 6.77. The van der Waals surface area contributed by atoms with Crippen LogP contribution in [0, 0.1) is 5.82 Å². The van der Waals surface area contributed by atoms with Gasteiger partial charge in [-0.05, 0) is 45.0 Å². The van der Waals surface area contributed by atoms with Gasteiger partial charge < -0.3 is 5.73 Å². The lowest BCUT2D eigenvalue weighted by atomic mass is 9.98. The molecule has 96 valence electrons. The molecule has 17 heavy (non-hydrogen) atoms. The second-order valence-corrected chi connectivity index (χ2v) is 5.26. The van der Waals surface area contributed by atoms with Gasteiger partial charge in [-0.3, -0.25) is 4.90 Å². The molecule has 0 radical (unpaired) electrons. The van der Waals surface area contributed by atoms with Crippen LogP contribution in [0.15, 0.2) is 24.3 Å². The van der Waals surface area contributed by atoms with Gasteiger partial charge in [0.25, 0.3) is 0 Å². The molecule has 0 aliphatic heterocycles. The third-order valence-electron chi connectivity index (χ3n) is 3.06. The van der Waals surface area contributed by atoms with Crippen LogP contribution in [-0.4, -0.2) is 23.5 Å². The van der Waals surface area contributed by atoms with Crippen LogP contribution >= 0.6 is 0 Å². The number of hydrogen-bond acceptors (Lipinski definition) is 2. The molecule has 0 aliphatic carbocycles. The summed E-state index contributed by atoms with van der Waals surface area (Å²) in [5.74, 6) is -0.205. The van der Waals surface area contributed by atoms with E-state index in [2.05, 4.69) is 32.6 Å². The summed E-state index contributed by atoms with van der Waals surface area (Å²) in [6.07, 6.45) is 0. The molecule has 0 spiro atoms. The molecule has 0 aliphatic rings.